The number of ether oxygens (including phenoxy) is 1. The molecule has 0 bridgehead atoms. The lowest BCUT2D eigenvalue weighted by molar-refractivity contribution is 0.252. The van der Waals surface area contributed by atoms with Gasteiger partial charge >= 0.3 is 0 Å². The van der Waals surface area contributed by atoms with E-state index in [1.54, 1.807) is 13.2 Å². The maximum Gasteiger partial charge on any atom is 0.136 e. The van der Waals surface area contributed by atoms with E-state index in [0.717, 1.165) is 37.2 Å². The second kappa shape index (κ2) is 5.36. The Morgan fingerprint density at radius 1 is 1.35 bits per heavy atom. The fraction of sp³-hybridized carbons (Fsp3) is 0.538. The molecule has 0 N–H and O–H groups in total. The van der Waals surface area contributed by atoms with Crippen LogP contribution in [0, 0.1) is 5.82 Å². The second-order valence-electron chi connectivity index (χ2n) is 4.59. The van der Waals surface area contributed by atoms with Gasteiger partial charge in [0, 0.05) is 5.56 Å². The van der Waals surface area contributed by atoms with Crippen LogP contribution in [0.3, 0.4) is 0 Å². The van der Waals surface area contributed by atoms with Gasteiger partial charge in [-0.1, -0.05) is 0 Å². The van der Waals surface area contributed by atoms with Gasteiger partial charge < -0.3 is 9.64 Å². The number of nitrogens with zero attached hydrogens (tertiary/aromatic N) is 1. The van der Waals surface area contributed by atoms with E-state index in [9.17, 15) is 4.39 Å². The Kier molecular flexibility index (Phi) is 4.05. The zero-order chi connectivity index (χ0) is 12.4. The van der Waals surface area contributed by atoms with Crippen molar-refractivity contribution in [3.05, 3.63) is 28.0 Å². The summed E-state index contributed by atoms with van der Waals surface area (Å²) >= 11 is 3.36. The predicted octanol–water partition coefficient (Wildman–Crippen LogP) is 3.41. The summed E-state index contributed by atoms with van der Waals surface area (Å²) in [6.07, 6.45) is 2.12. The quantitative estimate of drug-likeness (QED) is 0.830. The fourth-order valence-corrected chi connectivity index (χ4v) is 3.03. The first-order chi connectivity index (χ1) is 8.11. The molecule has 94 valence electrons. The van der Waals surface area contributed by atoms with Crippen LogP contribution in [-0.4, -0.2) is 32.1 Å². The fourth-order valence-electron chi connectivity index (χ4n) is 2.42. The smallest absolute Gasteiger partial charge is 0.136 e. The molecule has 2 nitrogen and oxygen atoms in total. The number of likely N-dealkylation sites (tertiary alicyclic amines) is 1. The topological polar surface area (TPSA) is 12.5 Å². The Bertz CT molecular complexity index is 403. The third kappa shape index (κ3) is 2.80. The molecule has 0 saturated carbocycles. The van der Waals surface area contributed by atoms with Gasteiger partial charge in [0.15, 0.2) is 0 Å². The highest BCUT2D eigenvalue weighted by molar-refractivity contribution is 9.10. The van der Waals surface area contributed by atoms with Crippen LogP contribution < -0.4 is 4.74 Å². The van der Waals surface area contributed by atoms with E-state index in [2.05, 4.69) is 27.9 Å². The molecule has 0 spiro atoms. The molecule has 2 rings (SSSR count). The molecule has 1 heterocycles. The zero-order valence-electron chi connectivity index (χ0n) is 10.2. The van der Waals surface area contributed by atoms with Crippen molar-refractivity contribution in [2.45, 2.75) is 18.8 Å². The third-order valence-corrected chi connectivity index (χ3v) is 3.99. The molecule has 0 unspecified atom stereocenters. The predicted molar refractivity (Wildman–Crippen MR) is 70.1 cm³/mol. The molecule has 0 amide bonds. The number of benzene rings is 1. The zero-order valence-corrected chi connectivity index (χ0v) is 11.8. The standard InChI is InChI=1S/C13H17BrFNO/c1-16-5-3-9(4-6-16)11-7-10(15)8-12(14)13(11)17-2/h7-9H,3-6H2,1-2H3. The van der Waals surface area contributed by atoms with E-state index < -0.39 is 0 Å². The van der Waals surface area contributed by atoms with Gasteiger partial charge in [0.2, 0.25) is 0 Å². The average molecular weight is 302 g/mol. The van der Waals surface area contributed by atoms with Gasteiger partial charge in [-0.2, -0.15) is 0 Å². The second-order valence-corrected chi connectivity index (χ2v) is 5.44. The Hall–Kier alpha value is -0.610. The highest BCUT2D eigenvalue weighted by Gasteiger charge is 2.23. The molecule has 0 radical (unpaired) electrons. The lowest BCUT2D eigenvalue weighted by Crippen LogP contribution is -2.29. The minimum Gasteiger partial charge on any atom is -0.495 e. The monoisotopic (exact) mass is 301 g/mol. The molecule has 17 heavy (non-hydrogen) atoms. The molecule has 1 fully saturated rings. The van der Waals surface area contributed by atoms with Gasteiger partial charge in [-0.15, -0.1) is 0 Å². The third-order valence-electron chi connectivity index (χ3n) is 3.40. The highest BCUT2D eigenvalue weighted by Crippen LogP contribution is 2.38. The van der Waals surface area contributed by atoms with E-state index in [1.807, 2.05) is 0 Å². The van der Waals surface area contributed by atoms with Crippen molar-refractivity contribution < 1.29 is 9.13 Å². The molecule has 1 aliphatic rings. The van der Waals surface area contributed by atoms with Crippen molar-refractivity contribution >= 4 is 15.9 Å². The van der Waals surface area contributed by atoms with E-state index >= 15 is 0 Å². The van der Waals surface area contributed by atoms with Gasteiger partial charge in [0.05, 0.1) is 11.6 Å². The summed E-state index contributed by atoms with van der Waals surface area (Å²) in [6, 6.07) is 3.07. The van der Waals surface area contributed by atoms with Crippen molar-refractivity contribution in [3.63, 3.8) is 0 Å². The normalized spacial score (nSPS) is 18.4. The van der Waals surface area contributed by atoms with E-state index in [0.29, 0.717) is 10.4 Å². The Morgan fingerprint density at radius 2 is 2.00 bits per heavy atom. The number of hydrogen-bond donors (Lipinski definition) is 0. The maximum atomic E-state index is 13.5. The first kappa shape index (κ1) is 12.8. The molecule has 1 aromatic rings. The summed E-state index contributed by atoms with van der Waals surface area (Å²) in [5, 5.41) is 0. The van der Waals surface area contributed by atoms with Gasteiger partial charge in [-0.25, -0.2) is 4.39 Å². The number of halogens is 2. The average Bonchev–Trinajstić information content (AvgIpc) is 2.29. The molecular weight excluding hydrogens is 285 g/mol. The summed E-state index contributed by atoms with van der Waals surface area (Å²) in [4.78, 5) is 2.30. The Balaban J connectivity index is 2.30. The molecule has 0 atom stereocenters. The van der Waals surface area contributed by atoms with E-state index in [1.165, 1.54) is 6.07 Å². The molecule has 1 aliphatic heterocycles. The largest absolute Gasteiger partial charge is 0.495 e. The van der Waals surface area contributed by atoms with Crippen molar-refractivity contribution in [3.8, 4) is 5.75 Å². The molecule has 0 aromatic heterocycles. The van der Waals surface area contributed by atoms with Crippen molar-refractivity contribution in [1.82, 2.24) is 4.90 Å². The Labute approximate surface area is 110 Å². The molecular formula is C13H17BrFNO. The maximum absolute atomic E-state index is 13.5. The number of rotatable bonds is 2. The van der Waals surface area contributed by atoms with Crippen LogP contribution in [0.25, 0.3) is 0 Å². The summed E-state index contributed by atoms with van der Waals surface area (Å²) < 4.78 is 19.6. The van der Waals surface area contributed by atoms with Crippen LogP contribution >= 0.6 is 15.9 Å². The first-order valence-corrected chi connectivity index (χ1v) is 6.62. The molecule has 0 aliphatic carbocycles. The summed E-state index contributed by atoms with van der Waals surface area (Å²) in [7, 11) is 3.76. The van der Waals surface area contributed by atoms with Crippen LogP contribution in [0.4, 0.5) is 4.39 Å². The lowest BCUT2D eigenvalue weighted by Gasteiger charge is -2.30. The minimum atomic E-state index is -0.202. The SMILES string of the molecule is COc1c(Br)cc(F)cc1C1CCN(C)CC1. The lowest BCUT2D eigenvalue weighted by atomic mass is 9.89. The summed E-state index contributed by atoms with van der Waals surface area (Å²) in [5.41, 5.74) is 0.993. The molecule has 4 heteroatoms. The summed E-state index contributed by atoms with van der Waals surface area (Å²) in [6.45, 7) is 2.11. The van der Waals surface area contributed by atoms with Crippen molar-refractivity contribution in [2.75, 3.05) is 27.2 Å². The minimum absolute atomic E-state index is 0.202. The van der Waals surface area contributed by atoms with Crippen LogP contribution in [0.2, 0.25) is 0 Å². The van der Waals surface area contributed by atoms with Crippen LogP contribution in [0.15, 0.2) is 16.6 Å². The number of methoxy groups -OCH3 is 1. The number of hydrogen-bond acceptors (Lipinski definition) is 2. The summed E-state index contributed by atoms with van der Waals surface area (Å²) in [5.74, 6) is 0.973. The molecule has 1 aromatic carbocycles. The van der Waals surface area contributed by atoms with Crippen LogP contribution in [0.5, 0.6) is 5.75 Å². The van der Waals surface area contributed by atoms with E-state index in [-0.39, 0.29) is 5.82 Å². The van der Waals surface area contributed by atoms with Crippen LogP contribution in [-0.2, 0) is 0 Å². The van der Waals surface area contributed by atoms with Gasteiger partial charge in [0.1, 0.15) is 11.6 Å². The highest BCUT2D eigenvalue weighted by atomic mass is 79.9. The van der Waals surface area contributed by atoms with Crippen LogP contribution in [0.1, 0.15) is 24.3 Å². The van der Waals surface area contributed by atoms with Gasteiger partial charge in [-0.05, 0) is 67.0 Å². The Morgan fingerprint density at radius 3 is 2.59 bits per heavy atom. The number of piperidine rings is 1. The van der Waals surface area contributed by atoms with Crippen molar-refractivity contribution in [2.24, 2.45) is 0 Å². The van der Waals surface area contributed by atoms with Crippen molar-refractivity contribution in [1.29, 1.82) is 0 Å². The molecule has 1 saturated heterocycles. The van der Waals surface area contributed by atoms with E-state index in [4.69, 9.17) is 4.74 Å². The van der Waals surface area contributed by atoms with Gasteiger partial charge in [-0.3, -0.25) is 0 Å². The van der Waals surface area contributed by atoms with Gasteiger partial charge in [0.25, 0.3) is 0 Å². The first-order valence-electron chi connectivity index (χ1n) is 5.83.